The average molecular weight is 343 g/mol. The van der Waals surface area contributed by atoms with E-state index in [1.54, 1.807) is 0 Å². The highest BCUT2D eigenvalue weighted by Crippen LogP contribution is 2.26. The Kier molecular flexibility index (Phi) is 5.86. The molecule has 1 atom stereocenters. The van der Waals surface area contributed by atoms with Gasteiger partial charge in [-0.05, 0) is 18.4 Å². The normalized spacial score (nSPS) is 18.2. The maximum Gasteiger partial charge on any atom is 0.193 e. The van der Waals surface area contributed by atoms with E-state index >= 15 is 0 Å². The molecule has 24 heavy (non-hydrogen) atoms. The predicted octanol–water partition coefficient (Wildman–Crippen LogP) is 3.31. The van der Waals surface area contributed by atoms with Crippen LogP contribution in [0.1, 0.15) is 34.7 Å². The van der Waals surface area contributed by atoms with Crippen molar-refractivity contribution in [1.82, 2.24) is 15.2 Å². The van der Waals surface area contributed by atoms with Gasteiger partial charge in [0.2, 0.25) is 0 Å². The summed E-state index contributed by atoms with van der Waals surface area (Å²) in [5.41, 5.74) is 1.44. The third kappa shape index (κ3) is 4.15. The molecule has 1 aromatic heterocycles. The Hall–Kier alpha value is -1.88. The molecule has 2 aromatic rings. The summed E-state index contributed by atoms with van der Waals surface area (Å²) < 4.78 is 0. The maximum absolute atomic E-state index is 4.48. The van der Waals surface area contributed by atoms with Crippen LogP contribution in [0.4, 0.5) is 0 Å². The van der Waals surface area contributed by atoms with E-state index in [9.17, 15) is 0 Å². The monoisotopic (exact) mass is 342 g/mol. The summed E-state index contributed by atoms with van der Waals surface area (Å²) in [6, 6.07) is 10.8. The topological polar surface area (TPSA) is 40.5 Å². The lowest BCUT2D eigenvalue weighted by atomic mass is 9.99. The lowest BCUT2D eigenvalue weighted by Gasteiger charge is -2.21. The number of aryl methyl sites for hydroxylation is 1. The number of benzene rings is 1. The van der Waals surface area contributed by atoms with Gasteiger partial charge in [0.15, 0.2) is 5.96 Å². The number of nitrogens with zero attached hydrogens (tertiary/aromatic N) is 3. The number of nitrogens with one attached hydrogen (secondary N) is 1. The molecule has 0 amide bonds. The second kappa shape index (κ2) is 8.29. The molecule has 5 heteroatoms. The van der Waals surface area contributed by atoms with E-state index in [4.69, 9.17) is 0 Å². The first-order chi connectivity index (χ1) is 11.8. The Labute approximate surface area is 148 Å². The van der Waals surface area contributed by atoms with E-state index in [0.29, 0.717) is 5.92 Å². The van der Waals surface area contributed by atoms with Crippen molar-refractivity contribution < 1.29 is 0 Å². The van der Waals surface area contributed by atoms with Crippen LogP contribution < -0.4 is 5.32 Å². The van der Waals surface area contributed by atoms with Crippen LogP contribution in [0.15, 0.2) is 41.5 Å². The Morgan fingerprint density at radius 3 is 2.92 bits per heavy atom. The molecule has 2 heterocycles. The molecule has 3 rings (SSSR count). The van der Waals surface area contributed by atoms with E-state index in [1.807, 2.05) is 24.6 Å². The smallest absolute Gasteiger partial charge is 0.193 e. The molecule has 0 aliphatic carbocycles. The second-order valence-corrected chi connectivity index (χ2v) is 7.34. The number of thiazole rings is 1. The van der Waals surface area contributed by atoms with Gasteiger partial charge in [0.1, 0.15) is 0 Å². The van der Waals surface area contributed by atoms with Gasteiger partial charge in [-0.3, -0.25) is 4.99 Å². The van der Waals surface area contributed by atoms with Gasteiger partial charge in [0.05, 0.1) is 5.01 Å². The molecule has 0 saturated carbocycles. The summed E-state index contributed by atoms with van der Waals surface area (Å²) in [7, 11) is 1.87. The first-order valence-corrected chi connectivity index (χ1v) is 9.56. The first kappa shape index (κ1) is 17.0. The average Bonchev–Trinajstić information content (AvgIpc) is 3.29. The molecule has 1 saturated heterocycles. The van der Waals surface area contributed by atoms with Gasteiger partial charge < -0.3 is 10.2 Å². The van der Waals surface area contributed by atoms with Crippen molar-refractivity contribution in [3.8, 4) is 0 Å². The minimum absolute atomic E-state index is 0.607. The zero-order chi connectivity index (χ0) is 16.8. The molecule has 0 bridgehead atoms. The summed E-state index contributed by atoms with van der Waals surface area (Å²) in [6.07, 6.45) is 5.22. The second-order valence-electron chi connectivity index (χ2n) is 6.14. The maximum atomic E-state index is 4.48. The summed E-state index contributed by atoms with van der Waals surface area (Å²) in [5, 5.41) is 4.71. The standard InChI is InChI=1S/C19H26N4S/c1-3-17-13-22-18(24-17)9-11-21-19(20-2)23-12-10-16(14-23)15-7-5-4-6-8-15/h4-8,13,16H,3,9-12,14H2,1-2H3,(H,20,21). The van der Waals surface area contributed by atoms with E-state index in [-0.39, 0.29) is 0 Å². The summed E-state index contributed by atoms with van der Waals surface area (Å²) in [4.78, 5) is 12.7. The van der Waals surface area contributed by atoms with E-state index in [2.05, 4.69) is 57.4 Å². The molecule has 0 radical (unpaired) electrons. The number of guanidine groups is 1. The van der Waals surface area contributed by atoms with Gasteiger partial charge in [0.25, 0.3) is 0 Å². The van der Waals surface area contributed by atoms with Crippen LogP contribution in [0, 0.1) is 0 Å². The minimum Gasteiger partial charge on any atom is -0.356 e. The van der Waals surface area contributed by atoms with Gasteiger partial charge >= 0.3 is 0 Å². The first-order valence-electron chi connectivity index (χ1n) is 8.74. The van der Waals surface area contributed by atoms with Crippen LogP contribution in [0.3, 0.4) is 0 Å². The predicted molar refractivity (Wildman–Crippen MR) is 102 cm³/mol. The van der Waals surface area contributed by atoms with Crippen molar-refractivity contribution in [2.24, 2.45) is 4.99 Å². The Bertz CT molecular complexity index is 665. The SMILES string of the molecule is CCc1cnc(CCNC(=NC)N2CCC(c3ccccc3)C2)s1. The Morgan fingerprint density at radius 1 is 1.38 bits per heavy atom. The molecule has 4 nitrogen and oxygen atoms in total. The minimum atomic E-state index is 0.607. The van der Waals surface area contributed by atoms with Crippen molar-refractivity contribution in [1.29, 1.82) is 0 Å². The quantitative estimate of drug-likeness (QED) is 0.669. The molecule has 0 spiro atoms. The molecule has 128 valence electrons. The molecule has 1 unspecified atom stereocenters. The highest BCUT2D eigenvalue weighted by atomic mass is 32.1. The third-order valence-electron chi connectivity index (χ3n) is 4.54. The van der Waals surface area contributed by atoms with Crippen molar-refractivity contribution in [2.45, 2.75) is 32.1 Å². The van der Waals surface area contributed by atoms with Crippen LogP contribution in [0.5, 0.6) is 0 Å². The number of rotatable bonds is 5. The molecule has 1 fully saturated rings. The number of hydrogen-bond acceptors (Lipinski definition) is 3. The fraction of sp³-hybridized carbons (Fsp3) is 0.474. The van der Waals surface area contributed by atoms with Crippen LogP contribution in [-0.2, 0) is 12.8 Å². The van der Waals surface area contributed by atoms with Gasteiger partial charge in [0, 0.05) is 50.1 Å². The lowest BCUT2D eigenvalue weighted by molar-refractivity contribution is 0.486. The molecule has 1 aliphatic rings. The number of hydrogen-bond donors (Lipinski definition) is 1. The van der Waals surface area contributed by atoms with Crippen LogP contribution in [0.2, 0.25) is 0 Å². The van der Waals surface area contributed by atoms with Crippen molar-refractivity contribution in [3.63, 3.8) is 0 Å². The number of likely N-dealkylation sites (tertiary alicyclic amines) is 1. The summed E-state index contributed by atoms with van der Waals surface area (Å²) in [6.45, 7) is 5.17. The molecular formula is C19H26N4S. The lowest BCUT2D eigenvalue weighted by Crippen LogP contribution is -2.40. The zero-order valence-electron chi connectivity index (χ0n) is 14.5. The van der Waals surface area contributed by atoms with Crippen molar-refractivity contribution in [2.75, 3.05) is 26.7 Å². The Morgan fingerprint density at radius 2 is 2.21 bits per heavy atom. The van der Waals surface area contributed by atoms with Gasteiger partial charge in [-0.1, -0.05) is 37.3 Å². The fourth-order valence-corrected chi connectivity index (χ4v) is 4.05. The van der Waals surface area contributed by atoms with Gasteiger partial charge in [-0.2, -0.15) is 0 Å². The largest absolute Gasteiger partial charge is 0.356 e. The van der Waals surface area contributed by atoms with Crippen LogP contribution in [-0.4, -0.2) is 42.5 Å². The van der Waals surface area contributed by atoms with Crippen molar-refractivity contribution in [3.05, 3.63) is 52.0 Å². The van der Waals surface area contributed by atoms with E-state index < -0.39 is 0 Å². The van der Waals surface area contributed by atoms with Crippen LogP contribution >= 0.6 is 11.3 Å². The molecular weight excluding hydrogens is 316 g/mol. The number of aromatic nitrogens is 1. The zero-order valence-corrected chi connectivity index (χ0v) is 15.4. The Balaban J connectivity index is 1.50. The molecule has 1 aliphatic heterocycles. The fourth-order valence-electron chi connectivity index (χ4n) is 3.19. The summed E-state index contributed by atoms with van der Waals surface area (Å²) >= 11 is 1.82. The molecule has 1 aromatic carbocycles. The van der Waals surface area contributed by atoms with Crippen molar-refractivity contribution >= 4 is 17.3 Å². The summed E-state index contributed by atoms with van der Waals surface area (Å²) in [5.74, 6) is 1.62. The van der Waals surface area contributed by atoms with E-state index in [1.165, 1.54) is 21.9 Å². The van der Waals surface area contributed by atoms with E-state index in [0.717, 1.165) is 38.4 Å². The van der Waals surface area contributed by atoms with Gasteiger partial charge in [-0.15, -0.1) is 11.3 Å². The number of aliphatic imine (C=N–C) groups is 1. The highest BCUT2D eigenvalue weighted by molar-refractivity contribution is 7.11. The third-order valence-corrected chi connectivity index (χ3v) is 5.74. The molecule has 1 N–H and O–H groups in total. The van der Waals surface area contributed by atoms with Gasteiger partial charge in [-0.25, -0.2) is 4.98 Å². The van der Waals surface area contributed by atoms with Crippen LogP contribution in [0.25, 0.3) is 0 Å². The highest BCUT2D eigenvalue weighted by Gasteiger charge is 2.25.